The van der Waals surface area contributed by atoms with Crippen LogP contribution in [0.5, 0.6) is 0 Å². The van der Waals surface area contributed by atoms with Crippen molar-refractivity contribution in [3.63, 3.8) is 0 Å². The van der Waals surface area contributed by atoms with Crippen molar-refractivity contribution in [2.75, 3.05) is 7.05 Å². The third kappa shape index (κ3) is 4.89. The Balaban J connectivity index is 0.000000200. The number of hydrogen-bond donors (Lipinski definition) is 0. The van der Waals surface area contributed by atoms with Crippen LogP contribution in [0.3, 0.4) is 0 Å². The van der Waals surface area contributed by atoms with Gasteiger partial charge in [0.25, 0.3) is 11.4 Å². The predicted molar refractivity (Wildman–Crippen MR) is 156 cm³/mol. The average molecular weight is 685 g/mol. The fraction of sp³-hybridized carbons (Fsp3) is 0.118. The number of fused-ring (bicyclic) bond motifs is 4. The van der Waals surface area contributed by atoms with Crippen molar-refractivity contribution in [1.29, 1.82) is 0 Å². The van der Waals surface area contributed by atoms with E-state index >= 15 is 0 Å². The Labute approximate surface area is 242 Å². The molecular formula is C34H28IrN4. The molecule has 0 saturated heterocycles. The first kappa shape index (κ1) is 26.5. The van der Waals surface area contributed by atoms with Crippen LogP contribution in [-0.2, 0) is 20.1 Å². The van der Waals surface area contributed by atoms with Gasteiger partial charge in [-0.3, -0.25) is 0 Å². The quantitative estimate of drug-likeness (QED) is 0.137. The monoisotopic (exact) mass is 685 g/mol. The maximum atomic E-state index is 4.22. The van der Waals surface area contributed by atoms with E-state index in [2.05, 4.69) is 101 Å². The molecule has 2 aromatic heterocycles. The second kappa shape index (κ2) is 11.3. The van der Waals surface area contributed by atoms with Crippen LogP contribution in [0.1, 0.15) is 19.9 Å². The van der Waals surface area contributed by atoms with Gasteiger partial charge in [0.05, 0.1) is 0 Å². The summed E-state index contributed by atoms with van der Waals surface area (Å²) in [7, 11) is 2.04. The van der Waals surface area contributed by atoms with Crippen LogP contribution in [0.25, 0.3) is 33.1 Å². The van der Waals surface area contributed by atoms with E-state index in [9.17, 15) is 0 Å². The molecule has 0 amide bonds. The van der Waals surface area contributed by atoms with Crippen LogP contribution in [0, 0.1) is 12.1 Å². The van der Waals surface area contributed by atoms with Crippen molar-refractivity contribution < 1.29 is 24.7 Å². The molecule has 0 N–H and O–H groups in total. The summed E-state index contributed by atoms with van der Waals surface area (Å²) in [6.45, 7) is 4.47. The maximum Gasteiger partial charge on any atom is 0.494 e. The summed E-state index contributed by atoms with van der Waals surface area (Å²) in [6.07, 6.45) is 1.79. The van der Waals surface area contributed by atoms with Crippen LogP contribution >= 0.6 is 0 Å². The first-order chi connectivity index (χ1) is 18.6. The molecule has 0 atom stereocenters. The number of pyridine rings is 1. The zero-order valence-corrected chi connectivity index (χ0v) is 24.5. The molecule has 0 aliphatic carbocycles. The molecular weight excluding hydrogens is 657 g/mol. The van der Waals surface area contributed by atoms with Crippen molar-refractivity contribution >= 4 is 44.9 Å². The molecule has 6 aromatic rings. The van der Waals surface area contributed by atoms with Crippen molar-refractivity contribution in [3.05, 3.63) is 121 Å². The number of aromatic nitrogens is 2. The van der Waals surface area contributed by atoms with Crippen molar-refractivity contribution in [2.45, 2.75) is 19.9 Å². The van der Waals surface area contributed by atoms with Gasteiger partial charge in [-0.2, -0.15) is 12.1 Å². The number of rotatable bonds is 3. The number of hydrogen-bond acceptors (Lipinski definition) is 1. The van der Waals surface area contributed by atoms with Gasteiger partial charge >= 0.3 is 6.01 Å². The summed E-state index contributed by atoms with van der Waals surface area (Å²) in [5, 5.41) is 2.55. The van der Waals surface area contributed by atoms with Gasteiger partial charge in [-0.05, 0) is 37.1 Å². The molecule has 3 heterocycles. The van der Waals surface area contributed by atoms with Gasteiger partial charge in [0.2, 0.25) is 0 Å². The molecule has 39 heavy (non-hydrogen) atoms. The van der Waals surface area contributed by atoms with E-state index in [-0.39, 0.29) is 20.1 Å². The number of para-hydroxylation sites is 3. The van der Waals surface area contributed by atoms with Crippen LogP contribution in [0.15, 0.2) is 109 Å². The Morgan fingerprint density at radius 3 is 2.26 bits per heavy atom. The zero-order valence-electron chi connectivity index (χ0n) is 22.1. The fourth-order valence-electron chi connectivity index (χ4n) is 5.12. The Bertz CT molecular complexity index is 1790. The molecule has 1 aliphatic rings. The van der Waals surface area contributed by atoms with Gasteiger partial charge in [0.1, 0.15) is 5.69 Å². The van der Waals surface area contributed by atoms with Gasteiger partial charge in [-0.25, -0.2) is 0 Å². The number of nitrogens with zero attached hydrogens (tertiary/aromatic N) is 4. The smallest absolute Gasteiger partial charge is 0.386 e. The molecule has 1 aliphatic heterocycles. The van der Waals surface area contributed by atoms with Gasteiger partial charge in [-0.1, -0.05) is 57.0 Å². The van der Waals surface area contributed by atoms with E-state index in [1.807, 2.05) is 60.2 Å². The second-order valence-corrected chi connectivity index (χ2v) is 9.54. The molecule has 0 fully saturated rings. The summed E-state index contributed by atoms with van der Waals surface area (Å²) >= 11 is 0. The molecule has 4 aromatic carbocycles. The zero-order chi connectivity index (χ0) is 26.1. The SMILES string of the molecule is CC(C)n1c2ccccc2c2cc[c-]c([N+]3=C=[N+](C)c4ccccc43)c21.[Ir].[c-]1ccccc1-c1ccccn1. The predicted octanol–water partition coefficient (Wildman–Crippen LogP) is 8.02. The molecule has 0 bridgehead atoms. The molecule has 7 rings (SSSR count). The van der Waals surface area contributed by atoms with Crippen LogP contribution in [0.4, 0.5) is 17.1 Å². The second-order valence-electron chi connectivity index (χ2n) is 9.54. The third-order valence-corrected chi connectivity index (χ3v) is 6.77. The Kier molecular flexibility index (Phi) is 7.67. The van der Waals surface area contributed by atoms with Gasteiger partial charge in [-0.15, -0.1) is 42.0 Å². The average Bonchev–Trinajstić information content (AvgIpc) is 3.50. The molecule has 4 nitrogen and oxygen atoms in total. The number of benzene rings is 4. The Morgan fingerprint density at radius 1 is 0.769 bits per heavy atom. The Morgan fingerprint density at radius 2 is 1.51 bits per heavy atom. The van der Waals surface area contributed by atoms with Crippen LogP contribution in [-0.4, -0.2) is 27.2 Å². The standard InChI is InChI=1S/C23H20N3.C11H8N.Ir/c1-16(2)26-19-11-5-4-9-17(19)18-10-8-14-22(23(18)26)25-15-24(3)20-12-6-7-13-21(20)25;1-2-6-10(7-3-1)11-8-4-5-9-12-11;/h4-13,16H,1-3H3;1-6,8-9H;/q+1;-1;. The molecule has 1 radical (unpaired) electrons. The van der Waals surface area contributed by atoms with Gasteiger partial charge in [0.15, 0.2) is 7.05 Å². The summed E-state index contributed by atoms with van der Waals surface area (Å²) in [6, 6.07) is 45.4. The topological polar surface area (TPSA) is 23.8 Å². The summed E-state index contributed by atoms with van der Waals surface area (Å²) in [5.74, 6) is 0. The first-order valence-electron chi connectivity index (χ1n) is 12.8. The van der Waals surface area contributed by atoms with Crippen LogP contribution < -0.4 is 4.58 Å². The largest absolute Gasteiger partial charge is 0.494 e. The Hall–Kier alpha value is -4.14. The minimum atomic E-state index is 0. The molecule has 0 saturated carbocycles. The third-order valence-electron chi connectivity index (χ3n) is 6.77. The maximum absolute atomic E-state index is 4.22. The summed E-state index contributed by atoms with van der Waals surface area (Å²) in [5.41, 5.74) is 7.82. The van der Waals surface area contributed by atoms with E-state index < -0.39 is 0 Å². The molecule has 0 spiro atoms. The summed E-state index contributed by atoms with van der Waals surface area (Å²) in [4.78, 5) is 4.22. The minimum absolute atomic E-state index is 0. The van der Waals surface area contributed by atoms with E-state index in [1.165, 1.54) is 21.8 Å². The molecule has 0 unspecified atom stereocenters. The summed E-state index contributed by atoms with van der Waals surface area (Å²) < 4.78 is 6.60. The van der Waals surface area contributed by atoms with Gasteiger partial charge in [0, 0.05) is 55.5 Å². The van der Waals surface area contributed by atoms with E-state index in [4.69, 9.17) is 0 Å². The minimum Gasteiger partial charge on any atom is -0.386 e. The van der Waals surface area contributed by atoms with Gasteiger partial charge < -0.3 is 9.55 Å². The fourth-order valence-corrected chi connectivity index (χ4v) is 5.12. The van der Waals surface area contributed by atoms with E-state index in [1.54, 1.807) is 6.20 Å². The molecule has 5 heteroatoms. The van der Waals surface area contributed by atoms with Crippen molar-refractivity contribution in [1.82, 2.24) is 14.1 Å². The van der Waals surface area contributed by atoms with Crippen LogP contribution in [0.2, 0.25) is 0 Å². The van der Waals surface area contributed by atoms with Crippen molar-refractivity contribution in [2.24, 2.45) is 0 Å². The van der Waals surface area contributed by atoms with E-state index in [0.717, 1.165) is 28.3 Å². The van der Waals surface area contributed by atoms with E-state index in [0.29, 0.717) is 6.04 Å². The first-order valence-corrected chi connectivity index (χ1v) is 12.8. The van der Waals surface area contributed by atoms with Crippen molar-refractivity contribution in [3.8, 4) is 11.3 Å². The molecule has 193 valence electrons. The normalized spacial score (nSPS) is 11.9.